The Hall–Kier alpha value is -1.32. The first-order valence-electron chi connectivity index (χ1n) is 7.74. The summed E-state index contributed by atoms with van der Waals surface area (Å²) in [6, 6.07) is 10.8. The van der Waals surface area contributed by atoms with Crippen LogP contribution in [0.25, 0.3) is 0 Å². The Kier molecular flexibility index (Phi) is 6.27. The lowest BCUT2D eigenvalue weighted by molar-refractivity contribution is 0.458. The minimum atomic E-state index is 0.247. The van der Waals surface area contributed by atoms with E-state index in [1.807, 2.05) is 4.68 Å². The normalized spacial score (nSPS) is 12.5. The molecule has 3 nitrogen and oxygen atoms in total. The van der Waals surface area contributed by atoms with Crippen molar-refractivity contribution < 1.29 is 0 Å². The van der Waals surface area contributed by atoms with Crippen molar-refractivity contribution in [3.05, 3.63) is 52.8 Å². The van der Waals surface area contributed by atoms with Gasteiger partial charge in [0, 0.05) is 6.54 Å². The number of hydrogen-bond donors (Lipinski definition) is 1. The molecule has 1 aromatic heterocycles. The fraction of sp³-hybridized carbons (Fsp3) is 0.471. The molecule has 0 amide bonds. The van der Waals surface area contributed by atoms with Crippen LogP contribution >= 0.6 is 11.6 Å². The fourth-order valence-electron chi connectivity index (χ4n) is 2.65. The molecule has 0 aliphatic heterocycles. The van der Waals surface area contributed by atoms with E-state index in [0.717, 1.165) is 43.1 Å². The van der Waals surface area contributed by atoms with E-state index in [0.29, 0.717) is 0 Å². The smallest absolute Gasteiger partial charge is 0.0834 e. The minimum Gasteiger partial charge on any atom is -0.309 e. The van der Waals surface area contributed by atoms with E-state index < -0.39 is 0 Å². The van der Waals surface area contributed by atoms with Gasteiger partial charge < -0.3 is 5.32 Å². The Morgan fingerprint density at radius 2 is 2.00 bits per heavy atom. The lowest BCUT2D eigenvalue weighted by Crippen LogP contribution is -2.25. The Balaban J connectivity index is 2.13. The van der Waals surface area contributed by atoms with Gasteiger partial charge in [-0.2, -0.15) is 5.10 Å². The lowest BCUT2D eigenvalue weighted by atomic mass is 10.0. The third-order valence-electron chi connectivity index (χ3n) is 3.61. The van der Waals surface area contributed by atoms with Gasteiger partial charge in [-0.1, -0.05) is 55.8 Å². The van der Waals surface area contributed by atoms with E-state index in [2.05, 4.69) is 54.6 Å². The van der Waals surface area contributed by atoms with E-state index in [1.165, 1.54) is 5.56 Å². The molecule has 1 heterocycles. The predicted octanol–water partition coefficient (Wildman–Crippen LogP) is 4.23. The molecule has 1 atom stereocenters. The second kappa shape index (κ2) is 8.20. The molecule has 2 rings (SSSR count). The van der Waals surface area contributed by atoms with Crippen molar-refractivity contribution in [2.24, 2.45) is 0 Å². The molecule has 21 heavy (non-hydrogen) atoms. The Bertz CT molecular complexity index is 536. The Morgan fingerprint density at radius 1 is 1.24 bits per heavy atom. The SMILES string of the molecule is CCCn1ncc(Cl)c1C(CCc1ccccc1)NCC. The number of hydrogen-bond acceptors (Lipinski definition) is 2. The first-order valence-corrected chi connectivity index (χ1v) is 8.12. The molecule has 0 aliphatic rings. The molecule has 114 valence electrons. The summed E-state index contributed by atoms with van der Waals surface area (Å²) in [6.07, 6.45) is 4.88. The summed E-state index contributed by atoms with van der Waals surface area (Å²) in [5.74, 6) is 0. The van der Waals surface area contributed by atoms with Crippen LogP contribution in [0.4, 0.5) is 0 Å². The third kappa shape index (κ3) is 4.32. The van der Waals surface area contributed by atoms with Crippen molar-refractivity contribution in [2.45, 2.75) is 45.7 Å². The number of halogens is 1. The first-order chi connectivity index (χ1) is 10.3. The van der Waals surface area contributed by atoms with Crippen LogP contribution in [0.1, 0.15) is 44.0 Å². The van der Waals surface area contributed by atoms with Gasteiger partial charge in [0.05, 0.1) is 23.0 Å². The van der Waals surface area contributed by atoms with Crippen LogP contribution in [-0.2, 0) is 13.0 Å². The van der Waals surface area contributed by atoms with Gasteiger partial charge in [-0.15, -0.1) is 0 Å². The van der Waals surface area contributed by atoms with Crippen LogP contribution in [0, 0.1) is 0 Å². The maximum atomic E-state index is 6.37. The number of rotatable bonds is 8. The van der Waals surface area contributed by atoms with Crippen LogP contribution in [0.5, 0.6) is 0 Å². The average molecular weight is 306 g/mol. The van der Waals surface area contributed by atoms with Crippen LogP contribution in [0.15, 0.2) is 36.5 Å². The third-order valence-corrected chi connectivity index (χ3v) is 3.90. The van der Waals surface area contributed by atoms with Crippen molar-refractivity contribution in [3.8, 4) is 0 Å². The van der Waals surface area contributed by atoms with Gasteiger partial charge in [0.1, 0.15) is 0 Å². The van der Waals surface area contributed by atoms with E-state index in [-0.39, 0.29) is 6.04 Å². The summed E-state index contributed by atoms with van der Waals surface area (Å²) < 4.78 is 2.04. The van der Waals surface area contributed by atoms with Crippen LogP contribution < -0.4 is 5.32 Å². The molecule has 0 spiro atoms. The molecule has 4 heteroatoms. The topological polar surface area (TPSA) is 29.9 Å². The molecule has 0 radical (unpaired) electrons. The highest BCUT2D eigenvalue weighted by Gasteiger charge is 2.19. The maximum absolute atomic E-state index is 6.37. The molecule has 0 fully saturated rings. The lowest BCUT2D eigenvalue weighted by Gasteiger charge is -2.20. The molecular weight excluding hydrogens is 282 g/mol. The van der Waals surface area contributed by atoms with Crippen molar-refractivity contribution >= 4 is 11.6 Å². The summed E-state index contributed by atoms with van der Waals surface area (Å²) in [7, 11) is 0. The number of benzene rings is 1. The van der Waals surface area contributed by atoms with Gasteiger partial charge in [-0.25, -0.2) is 0 Å². The number of aromatic nitrogens is 2. The maximum Gasteiger partial charge on any atom is 0.0834 e. The summed E-state index contributed by atoms with van der Waals surface area (Å²) in [5.41, 5.74) is 2.48. The zero-order valence-electron chi connectivity index (χ0n) is 12.8. The summed E-state index contributed by atoms with van der Waals surface area (Å²) in [5, 5.41) is 8.72. The molecule has 0 aliphatic carbocycles. The monoisotopic (exact) mass is 305 g/mol. The quantitative estimate of drug-likeness (QED) is 0.791. The number of nitrogens with one attached hydrogen (secondary N) is 1. The van der Waals surface area contributed by atoms with Crippen molar-refractivity contribution in [1.29, 1.82) is 0 Å². The fourth-order valence-corrected chi connectivity index (χ4v) is 2.92. The number of nitrogens with zero attached hydrogens (tertiary/aromatic N) is 2. The van der Waals surface area contributed by atoms with E-state index >= 15 is 0 Å². The van der Waals surface area contributed by atoms with Gasteiger partial charge in [-0.3, -0.25) is 4.68 Å². The zero-order valence-corrected chi connectivity index (χ0v) is 13.6. The highest BCUT2D eigenvalue weighted by Crippen LogP contribution is 2.26. The standard InChI is InChI=1S/C17H24ClN3/c1-3-12-21-17(15(18)13-20-21)16(19-4-2)11-10-14-8-6-5-7-9-14/h5-9,13,16,19H,3-4,10-12H2,1-2H3. The molecule has 1 N–H and O–H groups in total. The van der Waals surface area contributed by atoms with Crippen LogP contribution in [0.2, 0.25) is 5.02 Å². The van der Waals surface area contributed by atoms with E-state index in [9.17, 15) is 0 Å². The van der Waals surface area contributed by atoms with Gasteiger partial charge in [0.2, 0.25) is 0 Å². The average Bonchev–Trinajstić information content (AvgIpc) is 2.86. The van der Waals surface area contributed by atoms with Crippen LogP contribution in [0.3, 0.4) is 0 Å². The second-order valence-electron chi connectivity index (χ2n) is 5.24. The van der Waals surface area contributed by atoms with Crippen molar-refractivity contribution in [1.82, 2.24) is 15.1 Å². The molecular formula is C17H24ClN3. The molecule has 0 saturated heterocycles. The molecule has 1 unspecified atom stereocenters. The van der Waals surface area contributed by atoms with Crippen molar-refractivity contribution in [3.63, 3.8) is 0 Å². The summed E-state index contributed by atoms with van der Waals surface area (Å²) in [4.78, 5) is 0. The second-order valence-corrected chi connectivity index (χ2v) is 5.64. The number of aryl methyl sites for hydroxylation is 2. The molecule has 1 aromatic carbocycles. The summed E-state index contributed by atoms with van der Waals surface area (Å²) >= 11 is 6.37. The highest BCUT2D eigenvalue weighted by molar-refractivity contribution is 6.31. The summed E-state index contributed by atoms with van der Waals surface area (Å²) in [6.45, 7) is 6.12. The first kappa shape index (κ1) is 16.1. The largest absolute Gasteiger partial charge is 0.309 e. The van der Waals surface area contributed by atoms with E-state index in [1.54, 1.807) is 6.20 Å². The molecule has 0 bridgehead atoms. The minimum absolute atomic E-state index is 0.247. The zero-order chi connectivity index (χ0) is 15.1. The Labute approximate surface area is 132 Å². The van der Waals surface area contributed by atoms with E-state index in [4.69, 9.17) is 11.6 Å². The van der Waals surface area contributed by atoms with Crippen LogP contribution in [-0.4, -0.2) is 16.3 Å². The van der Waals surface area contributed by atoms with Gasteiger partial charge in [0.25, 0.3) is 0 Å². The predicted molar refractivity (Wildman–Crippen MR) is 88.7 cm³/mol. The molecule has 0 saturated carbocycles. The van der Waals surface area contributed by atoms with Gasteiger partial charge in [0.15, 0.2) is 0 Å². The molecule has 2 aromatic rings. The highest BCUT2D eigenvalue weighted by atomic mass is 35.5. The van der Waals surface area contributed by atoms with Gasteiger partial charge >= 0.3 is 0 Å². The van der Waals surface area contributed by atoms with Gasteiger partial charge in [-0.05, 0) is 31.4 Å². The Morgan fingerprint density at radius 3 is 2.67 bits per heavy atom. The van der Waals surface area contributed by atoms with Crippen molar-refractivity contribution in [2.75, 3.05) is 6.54 Å².